The minimum absolute atomic E-state index is 0.0353. The van der Waals surface area contributed by atoms with E-state index in [-0.39, 0.29) is 5.91 Å². The Morgan fingerprint density at radius 2 is 2.00 bits per heavy atom. The topological polar surface area (TPSA) is 49.6 Å². The molecule has 25 heavy (non-hydrogen) atoms. The number of carbonyl (C=O) groups excluding carboxylic acids is 1. The van der Waals surface area contributed by atoms with Gasteiger partial charge in [-0.15, -0.1) is 0 Å². The Morgan fingerprint density at radius 3 is 2.68 bits per heavy atom. The molecule has 0 atom stereocenters. The number of carbonyl (C=O) groups is 1. The number of hydrogen-bond acceptors (Lipinski definition) is 4. The molecular weight excluding hydrogens is 314 g/mol. The average Bonchev–Trinajstić information content (AvgIpc) is 3.23. The van der Waals surface area contributed by atoms with Crippen molar-refractivity contribution in [2.75, 3.05) is 26.2 Å². The molecule has 4 rings (SSSR count). The lowest BCUT2D eigenvalue weighted by Crippen LogP contribution is -2.44. The van der Waals surface area contributed by atoms with Crippen LogP contribution in [-0.2, 0) is 6.54 Å². The summed E-state index contributed by atoms with van der Waals surface area (Å²) in [6, 6.07) is 7.78. The highest BCUT2D eigenvalue weighted by Crippen LogP contribution is 2.41. The lowest BCUT2D eigenvalue weighted by Gasteiger charge is -2.39. The van der Waals surface area contributed by atoms with Crippen molar-refractivity contribution in [1.29, 1.82) is 0 Å². The summed E-state index contributed by atoms with van der Waals surface area (Å²) in [6.07, 6.45) is 7.18. The molecule has 2 aromatic heterocycles. The number of furan rings is 1. The van der Waals surface area contributed by atoms with E-state index in [0.29, 0.717) is 11.2 Å². The van der Waals surface area contributed by atoms with Crippen LogP contribution in [0.5, 0.6) is 0 Å². The third-order valence-electron chi connectivity index (χ3n) is 5.71. The van der Waals surface area contributed by atoms with Gasteiger partial charge in [-0.25, -0.2) is 0 Å². The van der Waals surface area contributed by atoms with Gasteiger partial charge in [-0.1, -0.05) is 6.07 Å². The molecule has 2 fully saturated rings. The van der Waals surface area contributed by atoms with Crippen molar-refractivity contribution in [2.45, 2.75) is 32.7 Å². The maximum Gasteiger partial charge on any atom is 0.289 e. The Labute approximate surface area is 148 Å². The Hall–Kier alpha value is -2.14. The SMILES string of the molecule is Cc1ccc(C(=O)N2CCC3(CCN(Cc4cccnc4)C3)CC2)o1. The van der Waals surface area contributed by atoms with Crippen LogP contribution in [0.15, 0.2) is 41.1 Å². The van der Waals surface area contributed by atoms with Crippen LogP contribution in [-0.4, -0.2) is 46.9 Å². The molecule has 2 aromatic rings. The number of amides is 1. The zero-order valence-corrected chi connectivity index (χ0v) is 14.8. The van der Waals surface area contributed by atoms with Crippen LogP contribution < -0.4 is 0 Å². The first-order valence-corrected chi connectivity index (χ1v) is 9.11. The maximum atomic E-state index is 12.5. The normalized spacial score (nSPS) is 20.3. The molecule has 132 valence electrons. The largest absolute Gasteiger partial charge is 0.456 e. The third kappa shape index (κ3) is 3.47. The highest BCUT2D eigenvalue weighted by Gasteiger charge is 2.41. The fourth-order valence-electron chi connectivity index (χ4n) is 4.21. The molecule has 2 aliphatic rings. The van der Waals surface area contributed by atoms with Gasteiger partial charge < -0.3 is 9.32 Å². The molecule has 0 bridgehead atoms. The van der Waals surface area contributed by atoms with Gasteiger partial charge in [0, 0.05) is 38.6 Å². The molecule has 1 spiro atoms. The number of piperidine rings is 1. The van der Waals surface area contributed by atoms with E-state index in [0.717, 1.165) is 51.3 Å². The van der Waals surface area contributed by atoms with E-state index >= 15 is 0 Å². The Morgan fingerprint density at radius 1 is 1.20 bits per heavy atom. The Bertz CT molecular complexity index is 732. The van der Waals surface area contributed by atoms with E-state index in [4.69, 9.17) is 4.42 Å². The van der Waals surface area contributed by atoms with E-state index in [1.807, 2.05) is 36.4 Å². The predicted molar refractivity (Wildman–Crippen MR) is 95.1 cm³/mol. The summed E-state index contributed by atoms with van der Waals surface area (Å²) in [6.45, 7) is 6.78. The van der Waals surface area contributed by atoms with Crippen molar-refractivity contribution < 1.29 is 9.21 Å². The lowest BCUT2D eigenvalue weighted by molar-refractivity contribution is 0.0557. The smallest absolute Gasteiger partial charge is 0.289 e. The summed E-state index contributed by atoms with van der Waals surface area (Å²) < 4.78 is 5.49. The zero-order valence-electron chi connectivity index (χ0n) is 14.8. The first-order chi connectivity index (χ1) is 12.1. The summed E-state index contributed by atoms with van der Waals surface area (Å²) in [5, 5.41) is 0. The van der Waals surface area contributed by atoms with Gasteiger partial charge in [-0.3, -0.25) is 14.7 Å². The van der Waals surface area contributed by atoms with Gasteiger partial charge in [0.05, 0.1) is 0 Å². The number of rotatable bonds is 3. The van der Waals surface area contributed by atoms with Crippen LogP contribution in [0.4, 0.5) is 0 Å². The molecule has 0 radical (unpaired) electrons. The molecule has 0 saturated carbocycles. The standard InChI is InChI=1S/C20H25N3O2/c1-16-4-5-18(25-16)19(24)23-11-7-20(8-12-23)6-10-22(15-20)14-17-3-2-9-21-13-17/h2-5,9,13H,6-8,10-12,14-15H2,1H3. The van der Waals surface area contributed by atoms with Crippen LogP contribution >= 0.6 is 0 Å². The molecule has 2 aliphatic heterocycles. The first-order valence-electron chi connectivity index (χ1n) is 9.11. The number of aromatic nitrogens is 1. The van der Waals surface area contributed by atoms with E-state index in [1.54, 1.807) is 6.07 Å². The number of hydrogen-bond donors (Lipinski definition) is 0. The summed E-state index contributed by atoms with van der Waals surface area (Å²) in [5.74, 6) is 1.30. The van der Waals surface area contributed by atoms with Crippen molar-refractivity contribution in [1.82, 2.24) is 14.8 Å². The summed E-state index contributed by atoms with van der Waals surface area (Å²) in [7, 11) is 0. The molecule has 0 unspecified atom stereocenters. The fraction of sp³-hybridized carbons (Fsp3) is 0.500. The van der Waals surface area contributed by atoms with Gasteiger partial charge in [-0.05, 0) is 61.9 Å². The fourth-order valence-corrected chi connectivity index (χ4v) is 4.21. The Kier molecular flexibility index (Phi) is 4.34. The van der Waals surface area contributed by atoms with E-state index in [2.05, 4.69) is 16.0 Å². The second kappa shape index (κ2) is 6.64. The molecule has 0 aromatic carbocycles. The van der Waals surface area contributed by atoms with Crippen molar-refractivity contribution in [3.05, 3.63) is 53.7 Å². The van der Waals surface area contributed by atoms with Gasteiger partial charge in [0.2, 0.25) is 0 Å². The highest BCUT2D eigenvalue weighted by atomic mass is 16.3. The van der Waals surface area contributed by atoms with Crippen molar-refractivity contribution >= 4 is 5.91 Å². The van der Waals surface area contributed by atoms with Gasteiger partial charge >= 0.3 is 0 Å². The summed E-state index contributed by atoms with van der Waals surface area (Å²) >= 11 is 0. The average molecular weight is 339 g/mol. The quantitative estimate of drug-likeness (QED) is 0.862. The van der Waals surface area contributed by atoms with Crippen molar-refractivity contribution in [2.24, 2.45) is 5.41 Å². The molecule has 5 heteroatoms. The third-order valence-corrected chi connectivity index (χ3v) is 5.71. The molecule has 0 aliphatic carbocycles. The van der Waals surface area contributed by atoms with Gasteiger partial charge in [0.15, 0.2) is 5.76 Å². The molecule has 2 saturated heterocycles. The van der Waals surface area contributed by atoms with E-state index < -0.39 is 0 Å². The lowest BCUT2D eigenvalue weighted by atomic mass is 9.77. The summed E-state index contributed by atoms with van der Waals surface area (Å²) in [4.78, 5) is 21.2. The monoisotopic (exact) mass is 339 g/mol. The van der Waals surface area contributed by atoms with Gasteiger partial charge in [0.25, 0.3) is 5.91 Å². The van der Waals surface area contributed by atoms with Crippen LogP contribution in [0, 0.1) is 12.3 Å². The van der Waals surface area contributed by atoms with E-state index in [1.165, 1.54) is 12.0 Å². The second-order valence-corrected chi connectivity index (χ2v) is 7.52. The van der Waals surface area contributed by atoms with Crippen LogP contribution in [0.1, 0.15) is 41.1 Å². The first kappa shape index (κ1) is 16.3. The van der Waals surface area contributed by atoms with Gasteiger partial charge in [0.1, 0.15) is 5.76 Å². The molecule has 4 heterocycles. The molecule has 0 N–H and O–H groups in total. The van der Waals surface area contributed by atoms with Gasteiger partial charge in [-0.2, -0.15) is 0 Å². The highest BCUT2D eigenvalue weighted by molar-refractivity contribution is 5.91. The van der Waals surface area contributed by atoms with E-state index in [9.17, 15) is 4.79 Å². The van der Waals surface area contributed by atoms with Crippen LogP contribution in [0.3, 0.4) is 0 Å². The molecule has 1 amide bonds. The second-order valence-electron chi connectivity index (χ2n) is 7.52. The minimum Gasteiger partial charge on any atom is -0.456 e. The predicted octanol–water partition coefficient (Wildman–Crippen LogP) is 3.11. The number of aryl methyl sites for hydroxylation is 1. The zero-order chi connectivity index (χ0) is 17.3. The van der Waals surface area contributed by atoms with Crippen molar-refractivity contribution in [3.8, 4) is 0 Å². The number of pyridine rings is 1. The Balaban J connectivity index is 1.33. The maximum absolute atomic E-state index is 12.5. The minimum atomic E-state index is 0.0353. The number of nitrogens with zero attached hydrogens (tertiary/aromatic N) is 3. The van der Waals surface area contributed by atoms with Crippen LogP contribution in [0.2, 0.25) is 0 Å². The molecule has 5 nitrogen and oxygen atoms in total. The summed E-state index contributed by atoms with van der Waals surface area (Å²) in [5.41, 5.74) is 1.65. The molecular formula is C20H25N3O2. The number of likely N-dealkylation sites (tertiary alicyclic amines) is 2. The van der Waals surface area contributed by atoms with Crippen molar-refractivity contribution in [3.63, 3.8) is 0 Å². The van der Waals surface area contributed by atoms with Crippen LogP contribution in [0.25, 0.3) is 0 Å².